The minimum absolute atomic E-state index is 0.107. The predicted molar refractivity (Wildman–Crippen MR) is 123 cm³/mol. The number of carbonyl (C=O) groups excluding carboxylic acids is 1. The van der Waals surface area contributed by atoms with Gasteiger partial charge in [0.1, 0.15) is 5.82 Å². The van der Waals surface area contributed by atoms with Crippen molar-refractivity contribution in [3.63, 3.8) is 0 Å². The first-order valence-electron chi connectivity index (χ1n) is 10.4. The monoisotopic (exact) mass is 453 g/mol. The number of benzene rings is 3. The highest BCUT2D eigenvalue weighted by Crippen LogP contribution is 2.27. The fourth-order valence-corrected chi connectivity index (χ4v) is 5.27. The zero-order valence-corrected chi connectivity index (χ0v) is 18.2. The molecule has 1 aliphatic rings. The minimum Gasteiger partial charge on any atom is -0.399 e. The summed E-state index contributed by atoms with van der Waals surface area (Å²) in [6.07, 6.45) is 2.75. The van der Waals surface area contributed by atoms with Gasteiger partial charge in [-0.2, -0.15) is 4.31 Å². The van der Waals surface area contributed by atoms with E-state index in [9.17, 15) is 13.2 Å². The molecule has 0 saturated carbocycles. The minimum atomic E-state index is -3.55. The Balaban J connectivity index is 1.52. The lowest BCUT2D eigenvalue weighted by Crippen LogP contribution is -2.35. The van der Waals surface area contributed by atoms with Gasteiger partial charge in [0, 0.05) is 30.0 Å². The van der Waals surface area contributed by atoms with Crippen molar-refractivity contribution in [3.05, 3.63) is 78.1 Å². The Morgan fingerprint density at radius 2 is 1.56 bits per heavy atom. The number of piperidine rings is 1. The molecule has 1 aliphatic heterocycles. The van der Waals surface area contributed by atoms with Crippen molar-refractivity contribution < 1.29 is 17.6 Å². The molecule has 1 saturated heterocycles. The zero-order chi connectivity index (χ0) is 22.7. The maximum Gasteiger partial charge on any atom is 0.258 e. The van der Waals surface area contributed by atoms with Gasteiger partial charge in [0.2, 0.25) is 10.0 Å². The van der Waals surface area contributed by atoms with Crippen LogP contribution in [0.1, 0.15) is 29.6 Å². The van der Waals surface area contributed by atoms with Crippen molar-refractivity contribution in [1.29, 1.82) is 0 Å². The Hall–Kier alpha value is -3.23. The molecule has 32 heavy (non-hydrogen) atoms. The Kier molecular flexibility index (Phi) is 6.25. The molecule has 1 heterocycles. The standard InChI is InChI=1S/C24H24FN3O3S/c25-23-21(17-7-9-18(26)10-8-17)5-4-6-22(23)24(29)27-19-11-13-20(14-12-19)32(30,31)28-15-2-1-3-16-28/h4-14H,1-3,15-16,26H2,(H,27,29). The molecule has 166 valence electrons. The first kappa shape index (κ1) is 22.0. The molecule has 3 aromatic rings. The maximum absolute atomic E-state index is 15.1. The van der Waals surface area contributed by atoms with Crippen LogP contribution in [0.3, 0.4) is 0 Å². The molecule has 0 aliphatic carbocycles. The number of rotatable bonds is 5. The highest BCUT2D eigenvalue weighted by Gasteiger charge is 2.25. The molecule has 6 nitrogen and oxygen atoms in total. The van der Waals surface area contributed by atoms with Crippen LogP contribution in [0.5, 0.6) is 0 Å². The van der Waals surface area contributed by atoms with Gasteiger partial charge in [0.15, 0.2) is 0 Å². The maximum atomic E-state index is 15.1. The third-order valence-corrected chi connectivity index (χ3v) is 7.44. The number of amides is 1. The second-order valence-corrected chi connectivity index (χ2v) is 9.67. The lowest BCUT2D eigenvalue weighted by molar-refractivity contribution is 0.102. The quantitative estimate of drug-likeness (QED) is 0.556. The number of halogens is 1. The number of anilines is 2. The van der Waals surface area contributed by atoms with Crippen molar-refractivity contribution in [2.24, 2.45) is 0 Å². The first-order valence-corrected chi connectivity index (χ1v) is 11.9. The number of nitrogens with one attached hydrogen (secondary N) is 1. The van der Waals surface area contributed by atoms with Gasteiger partial charge in [-0.1, -0.05) is 30.7 Å². The van der Waals surface area contributed by atoms with Crippen molar-refractivity contribution in [2.75, 3.05) is 24.1 Å². The van der Waals surface area contributed by atoms with E-state index in [1.807, 2.05) is 0 Å². The van der Waals surface area contributed by atoms with Gasteiger partial charge in [-0.15, -0.1) is 0 Å². The summed E-state index contributed by atoms with van der Waals surface area (Å²) in [4.78, 5) is 12.9. The Labute approximate surface area is 186 Å². The molecule has 0 bridgehead atoms. The van der Waals surface area contributed by atoms with E-state index >= 15 is 4.39 Å². The third kappa shape index (κ3) is 4.51. The largest absolute Gasteiger partial charge is 0.399 e. The van der Waals surface area contributed by atoms with Crippen molar-refractivity contribution in [1.82, 2.24) is 4.31 Å². The van der Waals surface area contributed by atoms with E-state index in [0.717, 1.165) is 19.3 Å². The van der Waals surface area contributed by atoms with E-state index in [2.05, 4.69) is 5.32 Å². The highest BCUT2D eigenvalue weighted by atomic mass is 32.2. The lowest BCUT2D eigenvalue weighted by atomic mass is 10.0. The van der Waals surface area contributed by atoms with Gasteiger partial charge < -0.3 is 11.1 Å². The van der Waals surface area contributed by atoms with Crippen LogP contribution < -0.4 is 11.1 Å². The normalized spacial score (nSPS) is 14.8. The third-order valence-electron chi connectivity index (χ3n) is 5.53. The SMILES string of the molecule is Nc1ccc(-c2cccc(C(=O)Nc3ccc(S(=O)(=O)N4CCCCC4)cc3)c2F)cc1. The van der Waals surface area contributed by atoms with Gasteiger partial charge in [0.05, 0.1) is 10.5 Å². The van der Waals surface area contributed by atoms with E-state index in [-0.39, 0.29) is 10.5 Å². The lowest BCUT2D eigenvalue weighted by Gasteiger charge is -2.25. The van der Waals surface area contributed by atoms with Crippen LogP contribution in [0.15, 0.2) is 71.6 Å². The molecule has 8 heteroatoms. The topological polar surface area (TPSA) is 92.5 Å². The molecule has 0 spiro atoms. The number of nitrogen functional groups attached to an aromatic ring is 1. The number of nitrogens with zero attached hydrogens (tertiary/aromatic N) is 1. The van der Waals surface area contributed by atoms with Crippen LogP contribution in [0.25, 0.3) is 11.1 Å². The van der Waals surface area contributed by atoms with Crippen LogP contribution >= 0.6 is 0 Å². The Morgan fingerprint density at radius 1 is 0.906 bits per heavy atom. The molecular weight excluding hydrogens is 429 g/mol. The Morgan fingerprint density at radius 3 is 2.22 bits per heavy atom. The van der Waals surface area contributed by atoms with E-state index in [1.165, 1.54) is 34.6 Å². The van der Waals surface area contributed by atoms with Gasteiger partial charge >= 0.3 is 0 Å². The predicted octanol–water partition coefficient (Wildman–Crippen LogP) is 4.50. The van der Waals surface area contributed by atoms with E-state index < -0.39 is 21.7 Å². The van der Waals surface area contributed by atoms with Crippen LogP contribution in [-0.4, -0.2) is 31.7 Å². The number of sulfonamides is 1. The molecule has 1 fully saturated rings. The van der Waals surface area contributed by atoms with Crippen LogP contribution in [0, 0.1) is 5.82 Å². The van der Waals surface area contributed by atoms with Crippen LogP contribution in [0.2, 0.25) is 0 Å². The number of nitrogens with two attached hydrogens (primary N) is 1. The van der Waals surface area contributed by atoms with Crippen molar-refractivity contribution in [3.8, 4) is 11.1 Å². The number of hydrogen-bond acceptors (Lipinski definition) is 4. The Bertz CT molecular complexity index is 1220. The molecule has 0 atom stereocenters. The molecular formula is C24H24FN3O3S. The van der Waals surface area contributed by atoms with Gasteiger partial charge in [-0.05, 0) is 60.9 Å². The van der Waals surface area contributed by atoms with E-state index in [1.54, 1.807) is 36.4 Å². The summed E-state index contributed by atoms with van der Waals surface area (Å²) in [6, 6.07) is 17.3. The fraction of sp³-hybridized carbons (Fsp3) is 0.208. The van der Waals surface area contributed by atoms with Gasteiger partial charge in [0.25, 0.3) is 5.91 Å². The first-order chi connectivity index (χ1) is 15.4. The average molecular weight is 454 g/mol. The molecule has 0 unspecified atom stereocenters. The number of hydrogen-bond donors (Lipinski definition) is 2. The van der Waals surface area contributed by atoms with Crippen LogP contribution in [-0.2, 0) is 10.0 Å². The summed E-state index contributed by atoms with van der Waals surface area (Å²) in [7, 11) is -3.55. The van der Waals surface area contributed by atoms with E-state index in [0.29, 0.717) is 35.6 Å². The summed E-state index contributed by atoms with van der Waals surface area (Å²) in [5.74, 6) is -1.26. The molecule has 0 radical (unpaired) electrons. The van der Waals surface area contributed by atoms with Gasteiger partial charge in [-0.25, -0.2) is 12.8 Å². The summed E-state index contributed by atoms with van der Waals surface area (Å²) < 4.78 is 42.1. The number of carbonyl (C=O) groups is 1. The second-order valence-electron chi connectivity index (χ2n) is 7.73. The average Bonchev–Trinajstić information content (AvgIpc) is 2.81. The van der Waals surface area contributed by atoms with E-state index in [4.69, 9.17) is 5.73 Å². The summed E-state index contributed by atoms with van der Waals surface area (Å²) in [6.45, 7) is 1.04. The fourth-order valence-electron chi connectivity index (χ4n) is 3.76. The summed E-state index contributed by atoms with van der Waals surface area (Å²) in [5, 5.41) is 2.64. The highest BCUT2D eigenvalue weighted by molar-refractivity contribution is 7.89. The van der Waals surface area contributed by atoms with Crippen LogP contribution in [0.4, 0.5) is 15.8 Å². The molecule has 4 rings (SSSR count). The van der Waals surface area contributed by atoms with Gasteiger partial charge in [-0.3, -0.25) is 4.79 Å². The zero-order valence-electron chi connectivity index (χ0n) is 17.4. The molecule has 1 amide bonds. The molecule has 3 aromatic carbocycles. The molecule has 3 N–H and O–H groups in total. The second kappa shape index (κ2) is 9.10. The van der Waals surface area contributed by atoms with Crippen molar-refractivity contribution in [2.45, 2.75) is 24.2 Å². The summed E-state index contributed by atoms with van der Waals surface area (Å²) >= 11 is 0. The molecule has 0 aromatic heterocycles. The summed E-state index contributed by atoms with van der Waals surface area (Å²) in [5.41, 5.74) is 7.43. The smallest absolute Gasteiger partial charge is 0.258 e. The van der Waals surface area contributed by atoms with Crippen molar-refractivity contribution >= 4 is 27.3 Å².